The minimum absolute atomic E-state index is 0.214. The molecule has 0 radical (unpaired) electrons. The predicted molar refractivity (Wildman–Crippen MR) is 102 cm³/mol. The summed E-state index contributed by atoms with van der Waals surface area (Å²) in [5.74, 6) is 0.750. The van der Waals surface area contributed by atoms with Crippen LogP contribution >= 0.6 is 15.9 Å². The Hall–Kier alpha value is -3.06. The smallest absolute Gasteiger partial charge is 0.229 e. The fraction of sp³-hybridized carbons (Fsp3) is 0.0526. The summed E-state index contributed by atoms with van der Waals surface area (Å²) < 4.78 is 6.53. The van der Waals surface area contributed by atoms with Crippen LogP contribution in [0.5, 0.6) is 0 Å². The maximum absolute atomic E-state index is 11.2. The molecule has 0 aliphatic rings. The summed E-state index contributed by atoms with van der Waals surface area (Å²) in [5, 5.41) is 7.62. The van der Waals surface area contributed by atoms with E-state index >= 15 is 0 Å². The van der Waals surface area contributed by atoms with Gasteiger partial charge in [0.2, 0.25) is 11.9 Å². The highest BCUT2D eigenvalue weighted by Gasteiger charge is 2.13. The lowest BCUT2D eigenvalue weighted by Crippen LogP contribution is -2.09. The number of nitrogens with one attached hydrogen (secondary N) is 1. The molecule has 0 spiro atoms. The third kappa shape index (κ3) is 3.21. The summed E-state index contributed by atoms with van der Waals surface area (Å²) in [6.45, 7) is 1.42. The summed E-state index contributed by atoms with van der Waals surface area (Å²) in [4.78, 5) is 19.7. The van der Waals surface area contributed by atoms with Crippen molar-refractivity contribution in [2.24, 2.45) is 0 Å². The number of fused-ring (bicyclic) bond motifs is 1. The molecule has 0 bridgehead atoms. The Morgan fingerprint density at radius 2 is 2.00 bits per heavy atom. The average molecular weight is 409 g/mol. The van der Waals surface area contributed by atoms with Crippen molar-refractivity contribution in [1.29, 1.82) is 0 Å². The van der Waals surface area contributed by atoms with Crippen molar-refractivity contribution < 1.29 is 9.32 Å². The normalized spacial score (nSPS) is 10.8. The maximum Gasteiger partial charge on any atom is 0.229 e. The van der Waals surface area contributed by atoms with E-state index in [1.165, 1.54) is 6.92 Å². The third-order valence-electron chi connectivity index (χ3n) is 3.80. The van der Waals surface area contributed by atoms with Crippen molar-refractivity contribution in [3.05, 3.63) is 59.2 Å². The van der Waals surface area contributed by atoms with Crippen LogP contribution in [0.3, 0.4) is 0 Å². The van der Waals surface area contributed by atoms with Gasteiger partial charge < -0.3 is 4.52 Å². The highest BCUT2D eigenvalue weighted by Crippen LogP contribution is 2.32. The van der Waals surface area contributed by atoms with Crippen LogP contribution in [0, 0.1) is 0 Å². The van der Waals surface area contributed by atoms with Gasteiger partial charge in [0.25, 0.3) is 0 Å². The van der Waals surface area contributed by atoms with Gasteiger partial charge in [-0.2, -0.15) is 0 Å². The summed E-state index contributed by atoms with van der Waals surface area (Å²) in [6.07, 6.45) is 1.61. The second-order valence-electron chi connectivity index (χ2n) is 5.70. The first-order valence-electron chi connectivity index (χ1n) is 7.86. The van der Waals surface area contributed by atoms with E-state index in [4.69, 9.17) is 4.52 Å². The zero-order chi connectivity index (χ0) is 18.1. The minimum atomic E-state index is -0.214. The van der Waals surface area contributed by atoms with Crippen LogP contribution < -0.4 is 5.32 Å². The molecule has 4 aromatic rings. The highest BCUT2D eigenvalue weighted by molar-refractivity contribution is 9.10. The summed E-state index contributed by atoms with van der Waals surface area (Å²) in [7, 11) is 0. The Balaban J connectivity index is 1.81. The fourth-order valence-corrected chi connectivity index (χ4v) is 3.08. The van der Waals surface area contributed by atoms with E-state index in [0.29, 0.717) is 11.5 Å². The number of carbonyl (C=O) groups is 1. The van der Waals surface area contributed by atoms with Gasteiger partial charge in [0, 0.05) is 28.7 Å². The van der Waals surface area contributed by atoms with E-state index in [-0.39, 0.29) is 11.9 Å². The Labute approximate surface area is 157 Å². The number of rotatable bonds is 3. The topological polar surface area (TPSA) is 80.9 Å². The summed E-state index contributed by atoms with van der Waals surface area (Å²) in [6, 6.07) is 15.4. The number of benzene rings is 2. The molecule has 0 aliphatic heterocycles. The molecule has 128 valence electrons. The molecule has 0 saturated heterocycles. The maximum atomic E-state index is 11.2. The van der Waals surface area contributed by atoms with Crippen LogP contribution in [-0.4, -0.2) is 21.0 Å². The molecule has 0 atom stereocenters. The first-order chi connectivity index (χ1) is 12.6. The Kier molecular flexibility index (Phi) is 4.22. The lowest BCUT2D eigenvalue weighted by Gasteiger charge is -2.04. The number of carbonyl (C=O) groups excluding carboxylic acids is 1. The van der Waals surface area contributed by atoms with Crippen molar-refractivity contribution in [2.75, 3.05) is 5.32 Å². The van der Waals surface area contributed by atoms with Crippen molar-refractivity contribution in [3.8, 4) is 22.6 Å². The molecule has 0 fully saturated rings. The van der Waals surface area contributed by atoms with Crippen LogP contribution in [0.25, 0.3) is 33.5 Å². The van der Waals surface area contributed by atoms with E-state index in [2.05, 4.69) is 36.4 Å². The third-order valence-corrected chi connectivity index (χ3v) is 4.30. The Bertz CT molecular complexity index is 1120. The molecular formula is C19H13BrN4O2. The lowest BCUT2D eigenvalue weighted by molar-refractivity contribution is -0.114. The van der Waals surface area contributed by atoms with E-state index in [9.17, 15) is 4.79 Å². The quantitative estimate of drug-likeness (QED) is 0.532. The zero-order valence-corrected chi connectivity index (χ0v) is 15.3. The molecule has 2 heterocycles. The lowest BCUT2D eigenvalue weighted by atomic mass is 10.0. The first-order valence-corrected chi connectivity index (χ1v) is 8.66. The molecule has 4 rings (SSSR count). The van der Waals surface area contributed by atoms with Gasteiger partial charge in [-0.1, -0.05) is 39.3 Å². The Morgan fingerprint density at radius 3 is 2.81 bits per heavy atom. The molecule has 0 unspecified atom stereocenters. The molecule has 2 aromatic heterocycles. The molecular weight excluding hydrogens is 396 g/mol. The van der Waals surface area contributed by atoms with Gasteiger partial charge in [0.1, 0.15) is 5.52 Å². The van der Waals surface area contributed by atoms with Crippen LogP contribution in [0.2, 0.25) is 0 Å². The van der Waals surface area contributed by atoms with Crippen molar-refractivity contribution in [1.82, 2.24) is 15.1 Å². The standard InChI is InChI=1S/C19H13BrN4O2/c1-11(25)22-19-21-8-7-16(23-19)12-5-6-17-15(10-12)18(26-24-17)13-3-2-4-14(20)9-13/h2-10H,1H3,(H,21,22,23,25). The SMILES string of the molecule is CC(=O)Nc1nccc(-c2ccc3noc(-c4cccc(Br)c4)c3c2)n1. The van der Waals surface area contributed by atoms with Gasteiger partial charge in [0.05, 0.1) is 11.1 Å². The van der Waals surface area contributed by atoms with Gasteiger partial charge in [-0.25, -0.2) is 9.97 Å². The summed E-state index contributed by atoms with van der Waals surface area (Å²) >= 11 is 3.48. The van der Waals surface area contributed by atoms with E-state index < -0.39 is 0 Å². The minimum Gasteiger partial charge on any atom is -0.355 e. The molecule has 2 aromatic carbocycles. The van der Waals surface area contributed by atoms with Gasteiger partial charge in [-0.3, -0.25) is 10.1 Å². The van der Waals surface area contributed by atoms with E-state index in [1.807, 2.05) is 42.5 Å². The molecule has 1 N–H and O–H groups in total. The van der Waals surface area contributed by atoms with Gasteiger partial charge in [-0.05, 0) is 30.3 Å². The molecule has 7 heteroatoms. The molecule has 0 saturated carbocycles. The van der Waals surface area contributed by atoms with Crippen LogP contribution in [0.1, 0.15) is 6.92 Å². The van der Waals surface area contributed by atoms with Crippen LogP contribution in [-0.2, 0) is 4.79 Å². The average Bonchev–Trinajstić information content (AvgIpc) is 3.04. The highest BCUT2D eigenvalue weighted by atomic mass is 79.9. The molecule has 1 amide bonds. The van der Waals surface area contributed by atoms with Crippen LogP contribution in [0.4, 0.5) is 5.95 Å². The first kappa shape index (κ1) is 16.4. The summed E-state index contributed by atoms with van der Waals surface area (Å²) in [5.41, 5.74) is 3.28. The van der Waals surface area contributed by atoms with Gasteiger partial charge in [0.15, 0.2) is 5.76 Å². The molecule has 6 nitrogen and oxygen atoms in total. The number of anilines is 1. The second-order valence-corrected chi connectivity index (χ2v) is 6.62. The van der Waals surface area contributed by atoms with Crippen LogP contribution in [0.15, 0.2) is 63.7 Å². The fourth-order valence-electron chi connectivity index (χ4n) is 2.68. The number of hydrogen-bond donors (Lipinski definition) is 1. The van der Waals surface area contributed by atoms with Crippen molar-refractivity contribution in [2.45, 2.75) is 6.92 Å². The number of amides is 1. The van der Waals surface area contributed by atoms with E-state index in [1.54, 1.807) is 12.3 Å². The number of hydrogen-bond acceptors (Lipinski definition) is 5. The largest absolute Gasteiger partial charge is 0.355 e. The van der Waals surface area contributed by atoms with Gasteiger partial charge >= 0.3 is 0 Å². The van der Waals surface area contributed by atoms with Crippen molar-refractivity contribution >= 4 is 38.7 Å². The number of halogens is 1. The Morgan fingerprint density at radius 1 is 1.12 bits per heavy atom. The zero-order valence-electron chi connectivity index (χ0n) is 13.7. The predicted octanol–water partition coefficient (Wildman–Crippen LogP) is 4.67. The number of aromatic nitrogens is 3. The van der Waals surface area contributed by atoms with Crippen molar-refractivity contribution in [3.63, 3.8) is 0 Å². The number of nitrogens with zero attached hydrogens (tertiary/aromatic N) is 3. The second kappa shape index (κ2) is 6.68. The monoisotopic (exact) mass is 408 g/mol. The molecule has 0 aliphatic carbocycles. The molecule has 26 heavy (non-hydrogen) atoms. The van der Waals surface area contributed by atoms with E-state index in [0.717, 1.165) is 26.5 Å². The van der Waals surface area contributed by atoms with Gasteiger partial charge in [-0.15, -0.1) is 0 Å².